The van der Waals surface area contributed by atoms with Gasteiger partial charge >= 0.3 is 0 Å². The Labute approximate surface area is 132 Å². The highest BCUT2D eigenvalue weighted by Crippen LogP contribution is 2.31. The Balaban J connectivity index is 1.74. The monoisotopic (exact) mass is 312 g/mol. The van der Waals surface area contributed by atoms with E-state index in [1.807, 2.05) is 29.2 Å². The number of rotatable bonds is 1. The number of nitrogens with two attached hydrogens (primary N) is 1. The van der Waals surface area contributed by atoms with Gasteiger partial charge < -0.3 is 10.6 Å². The summed E-state index contributed by atoms with van der Waals surface area (Å²) in [6.07, 6.45) is 2.96. The molecule has 0 fully saturated rings. The quantitative estimate of drug-likeness (QED) is 0.702. The van der Waals surface area contributed by atoms with Gasteiger partial charge in [-0.1, -0.05) is 23.5 Å². The average Bonchev–Trinajstić information content (AvgIpc) is 3.04. The molecule has 0 atom stereocenters. The normalized spacial score (nSPS) is 14.3. The van der Waals surface area contributed by atoms with Gasteiger partial charge in [0.05, 0.1) is 12.2 Å². The van der Waals surface area contributed by atoms with E-state index in [-0.39, 0.29) is 5.91 Å². The first kappa shape index (κ1) is 13.3. The first-order chi connectivity index (χ1) is 10.6. The molecule has 6 heteroatoms. The van der Waals surface area contributed by atoms with Gasteiger partial charge in [-0.3, -0.25) is 9.20 Å². The number of imidazole rings is 1. The van der Waals surface area contributed by atoms with Crippen LogP contribution in [-0.2, 0) is 17.8 Å². The fraction of sp³-hybridized carbons (Fsp3) is 0.250. The van der Waals surface area contributed by atoms with Crippen LogP contribution in [0.25, 0.3) is 16.2 Å². The summed E-state index contributed by atoms with van der Waals surface area (Å²) in [5, 5.41) is 0. The minimum atomic E-state index is 0.138. The van der Waals surface area contributed by atoms with Gasteiger partial charge in [-0.2, -0.15) is 0 Å². The van der Waals surface area contributed by atoms with Gasteiger partial charge in [0.25, 0.3) is 0 Å². The Kier molecular flexibility index (Phi) is 2.94. The van der Waals surface area contributed by atoms with E-state index in [4.69, 9.17) is 10.7 Å². The second kappa shape index (κ2) is 4.84. The lowest BCUT2D eigenvalue weighted by Gasteiger charge is -2.25. The van der Waals surface area contributed by atoms with Gasteiger partial charge in [0, 0.05) is 47.9 Å². The molecule has 3 heterocycles. The molecule has 0 radical (unpaired) electrons. The number of aromatic nitrogens is 2. The highest BCUT2D eigenvalue weighted by molar-refractivity contribution is 7.17. The van der Waals surface area contributed by atoms with E-state index in [0.717, 1.165) is 34.9 Å². The Bertz CT molecular complexity index is 862. The summed E-state index contributed by atoms with van der Waals surface area (Å²) in [6.45, 7) is 3.11. The van der Waals surface area contributed by atoms with Crippen molar-refractivity contribution in [2.75, 3.05) is 12.3 Å². The molecular formula is C16H16N4OS. The lowest BCUT2D eigenvalue weighted by Crippen LogP contribution is -2.33. The number of benzene rings is 1. The number of nitrogen functional groups attached to an aromatic ring is 1. The van der Waals surface area contributed by atoms with Crippen LogP contribution in [0.5, 0.6) is 0 Å². The van der Waals surface area contributed by atoms with Gasteiger partial charge in [-0.05, 0) is 12.1 Å². The summed E-state index contributed by atoms with van der Waals surface area (Å²) in [4.78, 5) is 20.4. The molecule has 22 heavy (non-hydrogen) atoms. The Hall–Kier alpha value is -2.34. The van der Waals surface area contributed by atoms with Crippen molar-refractivity contribution in [1.29, 1.82) is 0 Å². The summed E-state index contributed by atoms with van der Waals surface area (Å²) in [6, 6.07) is 7.77. The highest BCUT2D eigenvalue weighted by Gasteiger charge is 2.23. The molecule has 3 aromatic rings. The van der Waals surface area contributed by atoms with Crippen LogP contribution in [0.4, 0.5) is 5.69 Å². The van der Waals surface area contributed by atoms with Crippen molar-refractivity contribution < 1.29 is 4.79 Å². The molecule has 1 aliphatic rings. The number of amides is 1. The largest absolute Gasteiger partial charge is 0.399 e. The third-order valence-corrected chi connectivity index (χ3v) is 5.19. The van der Waals surface area contributed by atoms with E-state index >= 15 is 0 Å². The number of hydrogen-bond donors (Lipinski definition) is 1. The summed E-state index contributed by atoms with van der Waals surface area (Å²) in [5.74, 6) is 0.138. The molecule has 0 unspecified atom stereocenters. The summed E-state index contributed by atoms with van der Waals surface area (Å²) in [5.41, 5.74) is 9.80. The summed E-state index contributed by atoms with van der Waals surface area (Å²) < 4.78 is 2.17. The van der Waals surface area contributed by atoms with Crippen molar-refractivity contribution in [3.63, 3.8) is 0 Å². The van der Waals surface area contributed by atoms with Gasteiger partial charge in [-0.25, -0.2) is 4.98 Å². The van der Waals surface area contributed by atoms with E-state index < -0.39 is 0 Å². The number of thiazole rings is 1. The Morgan fingerprint density at radius 1 is 1.32 bits per heavy atom. The minimum absolute atomic E-state index is 0.138. The van der Waals surface area contributed by atoms with Crippen LogP contribution in [0.1, 0.15) is 17.5 Å². The zero-order valence-corrected chi connectivity index (χ0v) is 13.1. The maximum atomic E-state index is 11.5. The van der Waals surface area contributed by atoms with Gasteiger partial charge in [0.15, 0.2) is 4.96 Å². The van der Waals surface area contributed by atoms with Crippen molar-refractivity contribution in [2.24, 2.45) is 0 Å². The van der Waals surface area contributed by atoms with E-state index in [1.54, 1.807) is 18.3 Å². The second-order valence-electron chi connectivity index (χ2n) is 5.56. The van der Waals surface area contributed by atoms with Crippen molar-refractivity contribution in [3.05, 3.63) is 41.0 Å². The van der Waals surface area contributed by atoms with Crippen molar-refractivity contribution in [2.45, 2.75) is 19.9 Å². The number of carbonyl (C=O) groups is 1. The fourth-order valence-electron chi connectivity index (χ4n) is 2.87. The van der Waals surface area contributed by atoms with E-state index in [9.17, 15) is 4.79 Å². The molecule has 0 saturated carbocycles. The van der Waals surface area contributed by atoms with Gasteiger partial charge in [-0.15, -0.1) is 0 Å². The number of nitrogens with zero attached hydrogens (tertiary/aromatic N) is 3. The van der Waals surface area contributed by atoms with Crippen LogP contribution in [-0.4, -0.2) is 26.7 Å². The molecule has 1 aromatic carbocycles. The molecule has 1 aliphatic heterocycles. The Morgan fingerprint density at radius 3 is 2.82 bits per heavy atom. The maximum absolute atomic E-state index is 11.5. The molecule has 2 N–H and O–H groups in total. The zero-order valence-electron chi connectivity index (χ0n) is 12.2. The van der Waals surface area contributed by atoms with Crippen LogP contribution < -0.4 is 5.73 Å². The lowest BCUT2D eigenvalue weighted by molar-refractivity contribution is -0.129. The highest BCUT2D eigenvalue weighted by atomic mass is 32.1. The topological polar surface area (TPSA) is 63.6 Å². The zero-order chi connectivity index (χ0) is 15.3. The standard InChI is InChI=1S/C16H16N4OS/c1-10(21)19-7-6-14-15(9-19)22-16-18-13(8-20(14)16)11-2-4-12(17)5-3-11/h2-5,8H,6-7,9,17H2,1H3. The van der Waals surface area contributed by atoms with Crippen LogP contribution in [0.3, 0.4) is 0 Å². The minimum Gasteiger partial charge on any atom is -0.399 e. The first-order valence-corrected chi connectivity index (χ1v) is 8.04. The molecule has 0 aliphatic carbocycles. The SMILES string of the molecule is CC(=O)N1CCc2c(sc3nc(-c4ccc(N)cc4)cn23)C1. The second-order valence-corrected chi connectivity index (χ2v) is 6.63. The summed E-state index contributed by atoms with van der Waals surface area (Å²) >= 11 is 1.67. The molecule has 1 amide bonds. The Morgan fingerprint density at radius 2 is 2.09 bits per heavy atom. The van der Waals surface area contributed by atoms with E-state index in [0.29, 0.717) is 6.54 Å². The van der Waals surface area contributed by atoms with E-state index in [2.05, 4.69) is 10.6 Å². The lowest BCUT2D eigenvalue weighted by atomic mass is 10.1. The number of fused-ring (bicyclic) bond motifs is 3. The summed E-state index contributed by atoms with van der Waals surface area (Å²) in [7, 11) is 0. The molecule has 112 valence electrons. The van der Waals surface area contributed by atoms with Crippen LogP contribution in [0.2, 0.25) is 0 Å². The molecule has 0 bridgehead atoms. The average molecular weight is 312 g/mol. The van der Waals surface area contributed by atoms with E-state index in [1.165, 1.54) is 10.6 Å². The predicted octanol–water partition coefficient (Wildman–Crippen LogP) is 2.55. The van der Waals surface area contributed by atoms with Crippen molar-refractivity contribution in [3.8, 4) is 11.3 Å². The van der Waals surface area contributed by atoms with Crippen LogP contribution in [0, 0.1) is 0 Å². The first-order valence-electron chi connectivity index (χ1n) is 7.23. The smallest absolute Gasteiger partial charge is 0.219 e. The molecule has 2 aromatic heterocycles. The van der Waals surface area contributed by atoms with Gasteiger partial charge in [0.1, 0.15) is 0 Å². The fourth-order valence-corrected chi connectivity index (χ4v) is 4.03. The number of carbonyl (C=O) groups excluding carboxylic acids is 1. The molecule has 5 nitrogen and oxygen atoms in total. The third kappa shape index (κ3) is 2.07. The van der Waals surface area contributed by atoms with Crippen molar-refractivity contribution in [1.82, 2.24) is 14.3 Å². The molecule has 4 rings (SSSR count). The third-order valence-electron chi connectivity index (χ3n) is 4.11. The van der Waals surface area contributed by atoms with Crippen molar-refractivity contribution >= 4 is 27.9 Å². The molecule has 0 saturated heterocycles. The predicted molar refractivity (Wildman–Crippen MR) is 87.7 cm³/mol. The van der Waals surface area contributed by atoms with Crippen LogP contribution in [0.15, 0.2) is 30.5 Å². The molecular weight excluding hydrogens is 296 g/mol. The van der Waals surface area contributed by atoms with Crippen LogP contribution >= 0.6 is 11.3 Å². The number of hydrogen-bond acceptors (Lipinski definition) is 4. The molecule has 0 spiro atoms. The maximum Gasteiger partial charge on any atom is 0.219 e. The number of anilines is 1. The van der Waals surface area contributed by atoms with Gasteiger partial charge in [0.2, 0.25) is 5.91 Å².